The molecule has 1 N–H and O–H groups in total. The molecule has 0 unspecified atom stereocenters. The first-order valence-electron chi connectivity index (χ1n) is 12.7. The van der Waals surface area contributed by atoms with E-state index in [4.69, 9.17) is 0 Å². The first-order valence-corrected chi connectivity index (χ1v) is 12.7. The molecule has 0 amide bonds. The van der Waals surface area contributed by atoms with E-state index in [2.05, 4.69) is 9.97 Å². The van der Waals surface area contributed by atoms with Crippen molar-refractivity contribution in [3.63, 3.8) is 0 Å². The van der Waals surface area contributed by atoms with Crippen molar-refractivity contribution in [3.8, 4) is 17.0 Å². The van der Waals surface area contributed by atoms with Gasteiger partial charge < -0.3 is 5.11 Å². The Morgan fingerprint density at radius 1 is 1.03 bits per heavy atom. The molecule has 0 saturated heterocycles. The molecule has 0 fully saturated rings. The topological polar surface area (TPSA) is 68.0 Å². The van der Waals surface area contributed by atoms with Crippen LogP contribution in [0.3, 0.4) is 0 Å². The molecule has 0 aliphatic carbocycles. The van der Waals surface area contributed by atoms with Crippen molar-refractivity contribution >= 4 is 0 Å². The predicted molar refractivity (Wildman–Crippen MR) is 141 cm³/mol. The minimum absolute atomic E-state index is 0.0696. The Morgan fingerprint density at radius 3 is 2.45 bits per heavy atom. The Kier molecular flexibility index (Phi) is 8.29. The van der Waals surface area contributed by atoms with Crippen LogP contribution in [0.2, 0.25) is 0 Å². The summed E-state index contributed by atoms with van der Waals surface area (Å²) in [5, 5.41) is 10.8. The first kappa shape index (κ1) is 27.1. The van der Waals surface area contributed by atoms with Crippen LogP contribution in [0.5, 0.6) is 5.88 Å². The zero-order valence-electron chi connectivity index (χ0n) is 21.6. The van der Waals surface area contributed by atoms with Gasteiger partial charge in [0.25, 0.3) is 5.56 Å². The molecule has 198 valence electrons. The van der Waals surface area contributed by atoms with Crippen LogP contribution in [0, 0.1) is 24.5 Å². The summed E-state index contributed by atoms with van der Waals surface area (Å²) in [6, 6.07) is 11.6. The molecule has 0 bridgehead atoms. The van der Waals surface area contributed by atoms with E-state index in [1.165, 1.54) is 22.9 Å². The van der Waals surface area contributed by atoms with Gasteiger partial charge in [0.05, 0.1) is 11.6 Å². The summed E-state index contributed by atoms with van der Waals surface area (Å²) in [5.41, 5.74) is 2.48. The van der Waals surface area contributed by atoms with Gasteiger partial charge in [0.2, 0.25) is 11.8 Å². The fourth-order valence-corrected chi connectivity index (χ4v) is 4.80. The van der Waals surface area contributed by atoms with Gasteiger partial charge in [0, 0.05) is 30.7 Å². The van der Waals surface area contributed by atoms with Crippen LogP contribution >= 0.6 is 0 Å². The Hall–Kier alpha value is -3.94. The van der Waals surface area contributed by atoms with Crippen LogP contribution in [0.1, 0.15) is 67.2 Å². The van der Waals surface area contributed by atoms with E-state index >= 15 is 0 Å². The summed E-state index contributed by atoms with van der Waals surface area (Å²) in [7, 11) is 0. The zero-order valence-corrected chi connectivity index (χ0v) is 21.6. The van der Waals surface area contributed by atoms with Gasteiger partial charge in [-0.05, 0) is 60.2 Å². The number of rotatable bonds is 9. The molecule has 2 aromatic carbocycles. The molecule has 0 aliphatic heterocycles. The predicted octanol–water partition coefficient (Wildman–Crippen LogP) is 6.67. The van der Waals surface area contributed by atoms with Gasteiger partial charge in [-0.2, -0.15) is 9.37 Å². The van der Waals surface area contributed by atoms with E-state index in [1.54, 1.807) is 19.1 Å². The molecule has 2 heterocycles. The number of nitrogens with zero attached hydrogens (tertiary/aromatic N) is 3. The number of halogens is 3. The van der Waals surface area contributed by atoms with E-state index in [-0.39, 0.29) is 17.9 Å². The normalized spacial score (nSPS) is 12.1. The third kappa shape index (κ3) is 5.64. The summed E-state index contributed by atoms with van der Waals surface area (Å²) in [4.78, 5) is 22.0. The maximum absolute atomic E-state index is 14.1. The molecule has 2 aromatic heterocycles. The highest BCUT2D eigenvalue weighted by Crippen LogP contribution is 2.28. The number of aromatic hydroxyl groups is 1. The number of pyridine rings is 1. The Bertz CT molecular complexity index is 1500. The van der Waals surface area contributed by atoms with Crippen LogP contribution in [0.4, 0.5) is 13.2 Å². The number of hydrogen-bond donors (Lipinski definition) is 1. The molecule has 38 heavy (non-hydrogen) atoms. The van der Waals surface area contributed by atoms with E-state index in [9.17, 15) is 23.1 Å². The third-order valence-electron chi connectivity index (χ3n) is 6.74. The van der Waals surface area contributed by atoms with Gasteiger partial charge in [-0.3, -0.25) is 9.36 Å². The maximum Gasteiger partial charge on any atom is 0.261 e. The average Bonchev–Trinajstić information content (AvgIpc) is 2.88. The lowest BCUT2D eigenvalue weighted by Gasteiger charge is -2.23. The fraction of sp³-hybridized carbons (Fsp3) is 0.300. The van der Waals surface area contributed by atoms with Gasteiger partial charge in [0.1, 0.15) is 17.5 Å². The summed E-state index contributed by atoms with van der Waals surface area (Å²) < 4.78 is 43.7. The molecule has 4 rings (SSSR count). The van der Waals surface area contributed by atoms with Crippen molar-refractivity contribution in [2.75, 3.05) is 0 Å². The smallest absolute Gasteiger partial charge is 0.261 e. The van der Waals surface area contributed by atoms with Crippen molar-refractivity contribution in [2.24, 2.45) is 0 Å². The molecular formula is C30H30F3N3O2. The van der Waals surface area contributed by atoms with Crippen molar-refractivity contribution in [1.29, 1.82) is 0 Å². The SMILES string of the molecule is CCCCc1nc(O)c(Cc2cccc(-c3ccnc(F)c3C)c2)c(=O)n1[C@@H](CC)c1cc(F)cc(F)c1. The van der Waals surface area contributed by atoms with Crippen molar-refractivity contribution in [1.82, 2.24) is 14.5 Å². The van der Waals surface area contributed by atoms with E-state index in [1.807, 2.05) is 32.0 Å². The van der Waals surface area contributed by atoms with E-state index in [0.717, 1.165) is 24.5 Å². The second kappa shape index (κ2) is 11.6. The number of benzene rings is 2. The number of hydrogen-bond acceptors (Lipinski definition) is 4. The highest BCUT2D eigenvalue weighted by molar-refractivity contribution is 5.67. The molecule has 4 aromatic rings. The van der Waals surface area contributed by atoms with E-state index < -0.39 is 29.2 Å². The highest BCUT2D eigenvalue weighted by Gasteiger charge is 2.24. The van der Waals surface area contributed by atoms with Gasteiger partial charge >= 0.3 is 0 Å². The van der Waals surface area contributed by atoms with Crippen LogP contribution in [-0.2, 0) is 12.8 Å². The molecule has 0 radical (unpaired) electrons. The highest BCUT2D eigenvalue weighted by atomic mass is 19.1. The van der Waals surface area contributed by atoms with Gasteiger partial charge in [0.15, 0.2) is 0 Å². The first-order chi connectivity index (χ1) is 18.2. The van der Waals surface area contributed by atoms with Crippen LogP contribution in [-0.4, -0.2) is 19.6 Å². The lowest BCUT2D eigenvalue weighted by atomic mass is 9.97. The summed E-state index contributed by atoms with van der Waals surface area (Å²) in [6.45, 7) is 5.48. The summed E-state index contributed by atoms with van der Waals surface area (Å²) in [5.74, 6) is -2.01. The van der Waals surface area contributed by atoms with Crippen molar-refractivity contribution < 1.29 is 18.3 Å². The number of unbranched alkanes of at least 4 members (excludes halogenated alkanes) is 1. The van der Waals surface area contributed by atoms with Crippen LogP contribution < -0.4 is 5.56 Å². The van der Waals surface area contributed by atoms with Gasteiger partial charge in [-0.25, -0.2) is 13.8 Å². The Labute approximate surface area is 219 Å². The second-order valence-corrected chi connectivity index (χ2v) is 9.39. The van der Waals surface area contributed by atoms with Crippen LogP contribution in [0.25, 0.3) is 11.1 Å². The second-order valence-electron chi connectivity index (χ2n) is 9.39. The minimum Gasteiger partial charge on any atom is -0.493 e. The Morgan fingerprint density at radius 2 is 1.76 bits per heavy atom. The van der Waals surface area contributed by atoms with Crippen molar-refractivity contribution in [3.05, 3.63) is 111 Å². The van der Waals surface area contributed by atoms with E-state index in [0.29, 0.717) is 40.9 Å². The Balaban J connectivity index is 1.82. The number of aryl methyl sites for hydroxylation is 1. The average molecular weight is 522 g/mol. The van der Waals surface area contributed by atoms with Crippen LogP contribution in [0.15, 0.2) is 59.5 Å². The lowest BCUT2D eigenvalue weighted by Crippen LogP contribution is -2.32. The standard InChI is InChI=1S/C30H30F3N3O2/c1-4-6-10-27-35-29(37)25(30(38)36(27)26(5-2)21-15-22(31)17-23(32)16-21)14-19-8-7-9-20(13-19)24-11-12-34-28(33)18(24)3/h7-9,11-13,15-17,26,37H,4-6,10,14H2,1-3H3/t26-/m0/s1. The largest absolute Gasteiger partial charge is 0.493 e. The molecule has 0 saturated carbocycles. The molecule has 1 atom stereocenters. The molecular weight excluding hydrogens is 491 g/mol. The number of aromatic nitrogens is 3. The molecule has 8 heteroatoms. The minimum atomic E-state index is -0.728. The monoisotopic (exact) mass is 521 g/mol. The molecule has 0 aliphatic rings. The fourth-order valence-electron chi connectivity index (χ4n) is 4.80. The summed E-state index contributed by atoms with van der Waals surface area (Å²) >= 11 is 0. The lowest BCUT2D eigenvalue weighted by molar-refractivity contribution is 0.419. The van der Waals surface area contributed by atoms with Gasteiger partial charge in [-0.1, -0.05) is 44.5 Å². The zero-order chi connectivity index (χ0) is 27.4. The third-order valence-corrected chi connectivity index (χ3v) is 6.74. The molecule has 5 nitrogen and oxygen atoms in total. The van der Waals surface area contributed by atoms with Crippen molar-refractivity contribution in [2.45, 2.75) is 58.9 Å². The quantitative estimate of drug-likeness (QED) is 0.250. The molecule has 0 spiro atoms. The maximum atomic E-state index is 14.1. The van der Waals surface area contributed by atoms with Gasteiger partial charge in [-0.15, -0.1) is 0 Å². The summed E-state index contributed by atoms with van der Waals surface area (Å²) in [6.07, 6.45) is 3.84.